The summed E-state index contributed by atoms with van der Waals surface area (Å²) in [7, 11) is 1.72. The standard InChI is InChI=1S/C13H21N3O3S/c1-3-19-13(17)15(2)8-11-10-20-12(14-11)9-16-4-6-18-7-5-16/h10H,3-9H2,1-2H3. The molecule has 2 rings (SSSR count). The van der Waals surface area contributed by atoms with Gasteiger partial charge in [0, 0.05) is 25.5 Å². The van der Waals surface area contributed by atoms with Crippen molar-refractivity contribution in [3.05, 3.63) is 16.1 Å². The number of rotatable bonds is 5. The van der Waals surface area contributed by atoms with E-state index in [0.29, 0.717) is 13.2 Å². The third-order valence-electron chi connectivity index (χ3n) is 3.04. The number of aromatic nitrogens is 1. The number of carbonyl (C=O) groups is 1. The molecule has 7 heteroatoms. The Hall–Kier alpha value is -1.18. The van der Waals surface area contributed by atoms with Crippen LogP contribution < -0.4 is 0 Å². The number of hydrogen-bond donors (Lipinski definition) is 0. The van der Waals surface area contributed by atoms with Crippen molar-refractivity contribution in [2.24, 2.45) is 0 Å². The second kappa shape index (κ2) is 7.56. The quantitative estimate of drug-likeness (QED) is 0.826. The van der Waals surface area contributed by atoms with E-state index in [0.717, 1.165) is 43.5 Å². The molecule has 1 fully saturated rings. The fourth-order valence-electron chi connectivity index (χ4n) is 1.99. The van der Waals surface area contributed by atoms with Crippen LogP contribution in [0.1, 0.15) is 17.6 Å². The molecule has 1 aliphatic rings. The minimum Gasteiger partial charge on any atom is -0.450 e. The minimum atomic E-state index is -0.310. The smallest absolute Gasteiger partial charge is 0.409 e. The lowest BCUT2D eigenvalue weighted by Crippen LogP contribution is -2.35. The van der Waals surface area contributed by atoms with E-state index in [4.69, 9.17) is 9.47 Å². The first-order chi connectivity index (χ1) is 9.69. The van der Waals surface area contributed by atoms with Crippen molar-refractivity contribution in [1.82, 2.24) is 14.8 Å². The highest BCUT2D eigenvalue weighted by Gasteiger charge is 2.15. The van der Waals surface area contributed by atoms with Gasteiger partial charge in [-0.3, -0.25) is 4.90 Å². The second-order valence-electron chi connectivity index (χ2n) is 4.68. The zero-order chi connectivity index (χ0) is 14.4. The average molecular weight is 299 g/mol. The first-order valence-electron chi connectivity index (χ1n) is 6.80. The lowest BCUT2D eigenvalue weighted by Gasteiger charge is -2.25. The summed E-state index contributed by atoms with van der Waals surface area (Å²) in [6.07, 6.45) is -0.310. The summed E-state index contributed by atoms with van der Waals surface area (Å²) in [6, 6.07) is 0. The van der Waals surface area contributed by atoms with Crippen LogP contribution in [0.25, 0.3) is 0 Å². The first kappa shape index (κ1) is 15.2. The Morgan fingerprint density at radius 3 is 3.00 bits per heavy atom. The summed E-state index contributed by atoms with van der Waals surface area (Å²) in [5, 5.41) is 3.09. The van der Waals surface area contributed by atoms with Gasteiger partial charge in [0.05, 0.1) is 38.6 Å². The van der Waals surface area contributed by atoms with Gasteiger partial charge in [0.1, 0.15) is 5.01 Å². The highest BCUT2D eigenvalue weighted by atomic mass is 32.1. The molecular formula is C13H21N3O3S. The molecule has 1 aromatic rings. The highest BCUT2D eigenvalue weighted by molar-refractivity contribution is 7.09. The van der Waals surface area contributed by atoms with E-state index in [-0.39, 0.29) is 6.09 Å². The molecule has 2 heterocycles. The Bertz CT molecular complexity index is 432. The van der Waals surface area contributed by atoms with Gasteiger partial charge in [0.15, 0.2) is 0 Å². The molecule has 0 bridgehead atoms. The Balaban J connectivity index is 1.83. The SMILES string of the molecule is CCOC(=O)N(C)Cc1csc(CN2CCOCC2)n1. The first-order valence-corrected chi connectivity index (χ1v) is 7.68. The van der Waals surface area contributed by atoms with Crippen molar-refractivity contribution in [2.45, 2.75) is 20.0 Å². The van der Waals surface area contributed by atoms with Gasteiger partial charge in [-0.1, -0.05) is 0 Å². The molecule has 1 aromatic heterocycles. The third kappa shape index (κ3) is 4.43. The number of nitrogens with zero attached hydrogens (tertiary/aromatic N) is 3. The van der Waals surface area contributed by atoms with E-state index in [9.17, 15) is 4.79 Å². The molecule has 1 amide bonds. The van der Waals surface area contributed by atoms with Crippen LogP contribution in [-0.4, -0.2) is 60.8 Å². The summed E-state index contributed by atoms with van der Waals surface area (Å²) in [5.41, 5.74) is 0.911. The van der Waals surface area contributed by atoms with Crippen molar-refractivity contribution in [3.63, 3.8) is 0 Å². The molecule has 20 heavy (non-hydrogen) atoms. The Morgan fingerprint density at radius 1 is 1.55 bits per heavy atom. The molecule has 0 N–H and O–H groups in total. The molecule has 0 unspecified atom stereocenters. The molecule has 0 spiro atoms. The molecule has 112 valence electrons. The monoisotopic (exact) mass is 299 g/mol. The topological polar surface area (TPSA) is 54.9 Å². The van der Waals surface area contributed by atoms with Crippen LogP contribution in [0.5, 0.6) is 0 Å². The molecule has 0 aromatic carbocycles. The minimum absolute atomic E-state index is 0.310. The predicted molar refractivity (Wildman–Crippen MR) is 76.7 cm³/mol. The Labute approximate surface area is 123 Å². The van der Waals surface area contributed by atoms with E-state index in [2.05, 4.69) is 9.88 Å². The van der Waals surface area contributed by atoms with E-state index >= 15 is 0 Å². The van der Waals surface area contributed by atoms with E-state index in [1.54, 1.807) is 25.3 Å². The van der Waals surface area contributed by atoms with E-state index < -0.39 is 0 Å². The van der Waals surface area contributed by atoms with Crippen molar-refractivity contribution < 1.29 is 14.3 Å². The number of thiazole rings is 1. The predicted octanol–water partition coefficient (Wildman–Crippen LogP) is 1.56. The molecule has 1 aliphatic heterocycles. The largest absolute Gasteiger partial charge is 0.450 e. The van der Waals surface area contributed by atoms with E-state index in [1.165, 1.54) is 4.90 Å². The van der Waals surface area contributed by atoms with Gasteiger partial charge >= 0.3 is 6.09 Å². The zero-order valence-electron chi connectivity index (χ0n) is 12.0. The van der Waals surface area contributed by atoms with Gasteiger partial charge in [-0.25, -0.2) is 9.78 Å². The Kier molecular flexibility index (Phi) is 5.75. The normalized spacial score (nSPS) is 16.1. The van der Waals surface area contributed by atoms with Gasteiger partial charge in [-0.15, -0.1) is 11.3 Å². The van der Waals surface area contributed by atoms with Gasteiger partial charge in [-0.05, 0) is 6.92 Å². The number of morpholine rings is 1. The number of hydrogen-bond acceptors (Lipinski definition) is 6. The molecule has 1 saturated heterocycles. The molecular weight excluding hydrogens is 278 g/mol. The van der Waals surface area contributed by atoms with Crippen molar-refractivity contribution in [3.8, 4) is 0 Å². The van der Waals surface area contributed by atoms with Crippen molar-refractivity contribution in [1.29, 1.82) is 0 Å². The number of amides is 1. The van der Waals surface area contributed by atoms with Gasteiger partial charge in [-0.2, -0.15) is 0 Å². The molecule has 0 radical (unpaired) electrons. The third-order valence-corrected chi connectivity index (χ3v) is 3.92. The van der Waals surface area contributed by atoms with E-state index in [1.807, 2.05) is 5.38 Å². The maximum Gasteiger partial charge on any atom is 0.409 e. The van der Waals surface area contributed by atoms with Crippen LogP contribution in [-0.2, 0) is 22.6 Å². The lowest BCUT2D eigenvalue weighted by molar-refractivity contribution is 0.0341. The molecule has 0 atom stereocenters. The van der Waals surface area contributed by atoms with Gasteiger partial charge in [0.2, 0.25) is 0 Å². The highest BCUT2D eigenvalue weighted by Crippen LogP contribution is 2.14. The number of ether oxygens (including phenoxy) is 2. The summed E-state index contributed by atoms with van der Waals surface area (Å²) < 4.78 is 10.3. The lowest BCUT2D eigenvalue weighted by atomic mass is 10.4. The van der Waals surface area contributed by atoms with Crippen LogP contribution in [0.15, 0.2) is 5.38 Å². The summed E-state index contributed by atoms with van der Waals surface area (Å²) in [4.78, 5) is 20.0. The second-order valence-corrected chi connectivity index (χ2v) is 5.62. The van der Waals surface area contributed by atoms with Crippen LogP contribution >= 0.6 is 11.3 Å². The van der Waals surface area contributed by atoms with Crippen molar-refractivity contribution >= 4 is 17.4 Å². The molecule has 0 aliphatic carbocycles. The average Bonchev–Trinajstić information content (AvgIpc) is 2.87. The van der Waals surface area contributed by atoms with Crippen LogP contribution in [0.4, 0.5) is 4.79 Å². The summed E-state index contributed by atoms with van der Waals surface area (Å²) in [5.74, 6) is 0. The van der Waals surface area contributed by atoms with Crippen LogP contribution in [0.3, 0.4) is 0 Å². The molecule has 6 nitrogen and oxygen atoms in total. The van der Waals surface area contributed by atoms with Crippen LogP contribution in [0.2, 0.25) is 0 Å². The van der Waals surface area contributed by atoms with Crippen LogP contribution in [0, 0.1) is 0 Å². The fourth-order valence-corrected chi connectivity index (χ4v) is 2.81. The summed E-state index contributed by atoms with van der Waals surface area (Å²) in [6.45, 7) is 7.04. The van der Waals surface area contributed by atoms with Gasteiger partial charge < -0.3 is 14.4 Å². The Morgan fingerprint density at radius 2 is 2.30 bits per heavy atom. The fraction of sp³-hybridized carbons (Fsp3) is 0.692. The maximum absolute atomic E-state index is 11.5. The number of carbonyl (C=O) groups excluding carboxylic acids is 1. The summed E-state index contributed by atoms with van der Waals surface area (Å²) >= 11 is 1.64. The molecule has 0 saturated carbocycles. The zero-order valence-corrected chi connectivity index (χ0v) is 12.8. The van der Waals surface area contributed by atoms with Gasteiger partial charge in [0.25, 0.3) is 0 Å². The maximum atomic E-state index is 11.5. The van der Waals surface area contributed by atoms with Crippen molar-refractivity contribution in [2.75, 3.05) is 40.0 Å².